The van der Waals surface area contributed by atoms with E-state index in [1.807, 2.05) is 12.1 Å². The predicted molar refractivity (Wildman–Crippen MR) is 279 cm³/mol. The van der Waals surface area contributed by atoms with Gasteiger partial charge in [0.15, 0.2) is 17.5 Å². The van der Waals surface area contributed by atoms with Gasteiger partial charge in [-0.05, 0) is 93.0 Å². The highest BCUT2D eigenvalue weighted by atomic mass is 16.3. The van der Waals surface area contributed by atoms with Crippen LogP contribution in [0.1, 0.15) is 0 Å². The second kappa shape index (κ2) is 16.4. The van der Waals surface area contributed by atoms with Gasteiger partial charge in [0.05, 0.1) is 11.0 Å². The van der Waals surface area contributed by atoms with Crippen LogP contribution < -0.4 is 0 Å². The van der Waals surface area contributed by atoms with Gasteiger partial charge in [-0.1, -0.05) is 188 Å². The van der Waals surface area contributed by atoms with E-state index in [1.165, 1.54) is 33.0 Å². The van der Waals surface area contributed by atoms with E-state index in [-0.39, 0.29) is 0 Å². The fourth-order valence-electron chi connectivity index (χ4n) is 9.64. The molecule has 10 aromatic carbocycles. The molecule has 68 heavy (non-hydrogen) atoms. The zero-order chi connectivity index (χ0) is 45.0. The third-order valence-electron chi connectivity index (χ3n) is 13.1. The summed E-state index contributed by atoms with van der Waals surface area (Å²) in [6.07, 6.45) is 0. The molecule has 0 amide bonds. The largest absolute Gasteiger partial charge is 0.456 e. The van der Waals surface area contributed by atoms with Gasteiger partial charge in [-0.3, -0.25) is 0 Å². The summed E-state index contributed by atoms with van der Waals surface area (Å²) in [6.45, 7) is 0. The van der Waals surface area contributed by atoms with Crippen molar-refractivity contribution in [2.75, 3.05) is 0 Å². The van der Waals surface area contributed by atoms with Crippen LogP contribution in [-0.2, 0) is 0 Å². The predicted octanol–water partition coefficient (Wildman–Crippen LogP) is 16.5. The fraction of sp³-hybridized carbons (Fsp3) is 0. The van der Waals surface area contributed by atoms with Gasteiger partial charge in [0.1, 0.15) is 11.2 Å². The highest BCUT2D eigenvalue weighted by Gasteiger charge is 2.19. The topological polar surface area (TPSA) is 56.7 Å². The molecule has 0 saturated carbocycles. The number of nitrogens with zero attached hydrogens (tertiary/aromatic N) is 4. The Morgan fingerprint density at radius 1 is 0.250 bits per heavy atom. The lowest BCUT2D eigenvalue weighted by molar-refractivity contribution is 0.669. The molecule has 0 bridgehead atoms. The summed E-state index contributed by atoms with van der Waals surface area (Å²) in [5.74, 6) is 1.77. The standard InChI is InChI=1S/C63H40N4O/c1-4-14-41(15-5-1)44-26-28-46(29-27-44)61-64-62(50-23-13-22-49(37-50)43-18-8-3-9-19-43)66-63(65-61)51-32-35-54-56-39-55-53-24-10-11-25-57(53)67(58(55)40-60(56)68-59(54)38-51)52-33-30-45(31-34-52)48-21-12-20-47(36-48)42-16-6-2-7-17-42/h1-40H. The monoisotopic (exact) mass is 868 g/mol. The maximum Gasteiger partial charge on any atom is 0.164 e. The highest BCUT2D eigenvalue weighted by Crippen LogP contribution is 2.40. The number of furan rings is 1. The van der Waals surface area contributed by atoms with Crippen LogP contribution >= 0.6 is 0 Å². The number of hydrogen-bond acceptors (Lipinski definition) is 4. The number of fused-ring (bicyclic) bond motifs is 6. The number of rotatable bonds is 8. The molecule has 0 saturated heterocycles. The van der Waals surface area contributed by atoms with Gasteiger partial charge < -0.3 is 8.98 Å². The first-order valence-electron chi connectivity index (χ1n) is 22.9. The Balaban J connectivity index is 0.905. The summed E-state index contributed by atoms with van der Waals surface area (Å²) >= 11 is 0. The van der Waals surface area contributed by atoms with Gasteiger partial charge in [-0.25, -0.2) is 15.0 Å². The van der Waals surface area contributed by atoms with Crippen LogP contribution in [0.4, 0.5) is 0 Å². The molecule has 0 unspecified atom stereocenters. The summed E-state index contributed by atoms with van der Waals surface area (Å²) < 4.78 is 9.15. The minimum absolute atomic E-state index is 0.572. The first-order valence-corrected chi connectivity index (χ1v) is 22.9. The molecule has 3 aromatic heterocycles. The number of aromatic nitrogens is 4. The van der Waals surface area contributed by atoms with Crippen LogP contribution in [0.3, 0.4) is 0 Å². The third-order valence-corrected chi connectivity index (χ3v) is 13.1. The Morgan fingerprint density at radius 3 is 1.31 bits per heavy atom. The Kier molecular flexibility index (Phi) is 9.43. The van der Waals surface area contributed by atoms with Crippen molar-refractivity contribution in [2.24, 2.45) is 0 Å². The van der Waals surface area contributed by atoms with Gasteiger partial charge in [0.2, 0.25) is 0 Å². The molecule has 0 aliphatic rings. The van der Waals surface area contributed by atoms with Crippen molar-refractivity contribution in [3.8, 4) is 84.4 Å². The first kappa shape index (κ1) is 39.2. The van der Waals surface area contributed by atoms with Crippen LogP contribution in [0, 0.1) is 0 Å². The molecule has 0 N–H and O–H groups in total. The van der Waals surface area contributed by atoms with E-state index in [9.17, 15) is 0 Å². The van der Waals surface area contributed by atoms with Gasteiger partial charge >= 0.3 is 0 Å². The van der Waals surface area contributed by atoms with Crippen molar-refractivity contribution in [1.29, 1.82) is 0 Å². The summed E-state index contributed by atoms with van der Waals surface area (Å²) in [7, 11) is 0. The minimum Gasteiger partial charge on any atom is -0.456 e. The number of benzene rings is 10. The van der Waals surface area contributed by atoms with E-state index >= 15 is 0 Å². The van der Waals surface area contributed by atoms with Crippen molar-refractivity contribution in [2.45, 2.75) is 0 Å². The molecule has 0 aliphatic carbocycles. The minimum atomic E-state index is 0.572. The van der Waals surface area contributed by atoms with Crippen molar-refractivity contribution in [3.63, 3.8) is 0 Å². The maximum absolute atomic E-state index is 6.80. The van der Waals surface area contributed by atoms with Crippen LogP contribution in [-0.4, -0.2) is 19.5 Å². The van der Waals surface area contributed by atoms with Crippen LogP contribution in [0.2, 0.25) is 0 Å². The first-order chi connectivity index (χ1) is 33.7. The van der Waals surface area contributed by atoms with E-state index in [1.54, 1.807) is 0 Å². The fourth-order valence-corrected chi connectivity index (χ4v) is 9.64. The summed E-state index contributed by atoms with van der Waals surface area (Å²) in [5, 5.41) is 4.45. The molecule has 3 heterocycles. The lowest BCUT2D eigenvalue weighted by Gasteiger charge is -2.10. The molecular weight excluding hydrogens is 829 g/mol. The van der Waals surface area contributed by atoms with Crippen LogP contribution in [0.25, 0.3) is 128 Å². The SMILES string of the molecule is c1ccc(-c2ccc(-c3nc(-c4cccc(-c5ccccc5)c4)nc(-c4ccc5c(c4)oc4cc6c(cc45)c4ccccc4n6-c4ccc(-c5cccc(-c6ccccc6)c5)cc4)n3)cc2)cc1. The normalized spacial score (nSPS) is 11.5. The lowest BCUT2D eigenvalue weighted by atomic mass is 9.99. The van der Waals surface area contributed by atoms with Gasteiger partial charge in [0, 0.05) is 50.0 Å². The van der Waals surface area contributed by atoms with Gasteiger partial charge in [-0.15, -0.1) is 0 Å². The van der Waals surface area contributed by atoms with E-state index in [0.717, 1.165) is 77.6 Å². The molecule has 0 fully saturated rings. The highest BCUT2D eigenvalue weighted by molar-refractivity contribution is 6.17. The Bertz CT molecular complexity index is 3990. The quantitative estimate of drug-likeness (QED) is 0.153. The number of para-hydroxylation sites is 1. The lowest BCUT2D eigenvalue weighted by Crippen LogP contribution is -2.00. The molecule has 5 nitrogen and oxygen atoms in total. The zero-order valence-electron chi connectivity index (χ0n) is 36.8. The molecule has 0 atom stereocenters. The molecule has 5 heteroatoms. The zero-order valence-corrected chi connectivity index (χ0v) is 36.8. The molecular formula is C63H40N4O. The summed E-state index contributed by atoms with van der Waals surface area (Å²) in [6, 6.07) is 85.2. The van der Waals surface area contributed by atoms with Crippen LogP contribution in [0.5, 0.6) is 0 Å². The van der Waals surface area contributed by atoms with Crippen LogP contribution in [0.15, 0.2) is 247 Å². The van der Waals surface area contributed by atoms with Crippen molar-refractivity contribution >= 4 is 43.7 Å². The third kappa shape index (κ3) is 7.02. The molecule has 13 aromatic rings. The second-order valence-electron chi connectivity index (χ2n) is 17.2. The van der Waals surface area contributed by atoms with E-state index in [2.05, 4.69) is 235 Å². The second-order valence-corrected chi connectivity index (χ2v) is 17.2. The van der Waals surface area contributed by atoms with Crippen molar-refractivity contribution in [3.05, 3.63) is 243 Å². The molecule has 13 rings (SSSR count). The maximum atomic E-state index is 6.80. The van der Waals surface area contributed by atoms with Gasteiger partial charge in [-0.2, -0.15) is 0 Å². The average Bonchev–Trinajstić information content (AvgIpc) is 3.95. The molecule has 0 aliphatic heterocycles. The Morgan fingerprint density at radius 2 is 0.676 bits per heavy atom. The number of hydrogen-bond donors (Lipinski definition) is 0. The van der Waals surface area contributed by atoms with Crippen molar-refractivity contribution < 1.29 is 4.42 Å². The summed E-state index contributed by atoms with van der Waals surface area (Å²) in [4.78, 5) is 15.4. The van der Waals surface area contributed by atoms with Crippen molar-refractivity contribution in [1.82, 2.24) is 19.5 Å². The van der Waals surface area contributed by atoms with E-state index in [4.69, 9.17) is 19.4 Å². The average molecular weight is 869 g/mol. The Hall–Kier alpha value is -9.19. The Labute approximate surface area is 392 Å². The molecule has 318 valence electrons. The molecule has 0 radical (unpaired) electrons. The van der Waals surface area contributed by atoms with E-state index < -0.39 is 0 Å². The molecule has 0 spiro atoms. The summed E-state index contributed by atoms with van der Waals surface area (Å²) in [5.41, 5.74) is 16.8. The smallest absolute Gasteiger partial charge is 0.164 e. The van der Waals surface area contributed by atoms with E-state index in [0.29, 0.717) is 17.5 Å². The van der Waals surface area contributed by atoms with Gasteiger partial charge in [0.25, 0.3) is 0 Å².